The Kier molecular flexibility index (Phi) is 6.60. The van der Waals surface area contributed by atoms with Gasteiger partial charge in [0.15, 0.2) is 0 Å². The summed E-state index contributed by atoms with van der Waals surface area (Å²) < 4.78 is 12.3. The maximum Gasteiger partial charge on any atom is 0.343 e. The molecule has 0 aromatic carbocycles. The molecule has 0 bridgehead atoms. The number of thiazole rings is 1. The zero-order valence-corrected chi connectivity index (χ0v) is 18.3. The van der Waals surface area contributed by atoms with Crippen molar-refractivity contribution in [3.63, 3.8) is 0 Å². The molecule has 0 aliphatic carbocycles. The molecule has 0 atom stereocenters. The van der Waals surface area contributed by atoms with Gasteiger partial charge in [-0.15, -0.1) is 11.3 Å². The van der Waals surface area contributed by atoms with E-state index in [9.17, 15) is 14.4 Å². The number of fused-ring (bicyclic) bond motifs is 1. The standard InChI is InChI=1S/C22H22N4O5S/c1-30-22(29)21-17-5-7-25(19(27)10-16-13-32-14-24-16)8-9-26(17)20(28)11-18(21)31-12-15-4-2-3-6-23-15/h2-4,6,11,13-14H,5,7-10,12H2,1H3. The Morgan fingerprint density at radius 2 is 2.03 bits per heavy atom. The molecular weight excluding hydrogens is 432 g/mol. The van der Waals surface area contributed by atoms with E-state index < -0.39 is 5.97 Å². The van der Waals surface area contributed by atoms with Crippen molar-refractivity contribution < 1.29 is 19.1 Å². The van der Waals surface area contributed by atoms with Crippen LogP contribution in [0.4, 0.5) is 0 Å². The van der Waals surface area contributed by atoms with Gasteiger partial charge in [0.05, 0.1) is 30.4 Å². The first-order valence-corrected chi connectivity index (χ1v) is 11.0. The molecule has 0 saturated heterocycles. The molecule has 3 aromatic heterocycles. The fourth-order valence-electron chi connectivity index (χ4n) is 3.66. The molecule has 32 heavy (non-hydrogen) atoms. The average molecular weight is 455 g/mol. The van der Waals surface area contributed by atoms with Gasteiger partial charge in [-0.2, -0.15) is 0 Å². The lowest BCUT2D eigenvalue weighted by atomic mass is 10.1. The molecule has 4 heterocycles. The summed E-state index contributed by atoms with van der Waals surface area (Å²) in [7, 11) is 1.29. The topological polar surface area (TPSA) is 104 Å². The smallest absolute Gasteiger partial charge is 0.343 e. The molecule has 166 valence electrons. The van der Waals surface area contributed by atoms with Crippen molar-refractivity contribution in [2.45, 2.75) is 26.0 Å². The number of hydrogen-bond donors (Lipinski definition) is 0. The molecule has 9 nitrogen and oxygen atoms in total. The van der Waals surface area contributed by atoms with E-state index in [1.807, 2.05) is 11.4 Å². The average Bonchev–Trinajstić information content (AvgIpc) is 3.21. The van der Waals surface area contributed by atoms with Crippen LogP contribution in [0.15, 0.2) is 46.1 Å². The van der Waals surface area contributed by atoms with Crippen molar-refractivity contribution >= 4 is 23.2 Å². The number of pyridine rings is 2. The van der Waals surface area contributed by atoms with E-state index in [1.54, 1.807) is 28.7 Å². The Morgan fingerprint density at radius 1 is 1.16 bits per heavy atom. The van der Waals surface area contributed by atoms with Crippen LogP contribution in [0.5, 0.6) is 5.75 Å². The first-order valence-electron chi connectivity index (χ1n) is 10.1. The van der Waals surface area contributed by atoms with Crippen LogP contribution < -0.4 is 10.3 Å². The van der Waals surface area contributed by atoms with E-state index in [1.165, 1.54) is 29.1 Å². The molecule has 1 aliphatic rings. The maximum atomic E-state index is 12.8. The van der Waals surface area contributed by atoms with Gasteiger partial charge in [0.25, 0.3) is 5.56 Å². The summed E-state index contributed by atoms with van der Waals surface area (Å²) in [6, 6.07) is 6.71. The molecule has 0 N–H and O–H groups in total. The fraction of sp³-hybridized carbons (Fsp3) is 0.318. The lowest BCUT2D eigenvalue weighted by molar-refractivity contribution is -0.130. The summed E-state index contributed by atoms with van der Waals surface area (Å²) >= 11 is 1.44. The number of ether oxygens (including phenoxy) is 2. The van der Waals surface area contributed by atoms with E-state index in [2.05, 4.69) is 9.97 Å². The molecular formula is C22H22N4O5S. The van der Waals surface area contributed by atoms with Gasteiger partial charge >= 0.3 is 5.97 Å². The molecule has 0 unspecified atom stereocenters. The van der Waals surface area contributed by atoms with Crippen molar-refractivity contribution in [3.05, 3.63) is 74.4 Å². The van der Waals surface area contributed by atoms with Crippen LogP contribution in [0.3, 0.4) is 0 Å². The van der Waals surface area contributed by atoms with Gasteiger partial charge in [-0.1, -0.05) is 6.07 Å². The van der Waals surface area contributed by atoms with E-state index in [-0.39, 0.29) is 42.4 Å². The Labute approximate surface area is 188 Å². The molecule has 10 heteroatoms. The number of aromatic nitrogens is 3. The third-order valence-corrected chi connectivity index (χ3v) is 5.89. The lowest BCUT2D eigenvalue weighted by Gasteiger charge is -2.19. The summed E-state index contributed by atoms with van der Waals surface area (Å²) in [4.78, 5) is 48.3. The normalized spacial score (nSPS) is 13.2. The number of nitrogens with zero attached hydrogens (tertiary/aromatic N) is 4. The SMILES string of the molecule is COC(=O)c1c(OCc2ccccn2)cc(=O)n2c1CCN(C(=O)Cc1cscn1)CC2. The first-order chi connectivity index (χ1) is 15.6. The van der Waals surface area contributed by atoms with Crippen molar-refractivity contribution in [2.24, 2.45) is 0 Å². The highest BCUT2D eigenvalue weighted by Crippen LogP contribution is 2.25. The molecule has 4 rings (SSSR count). The van der Waals surface area contributed by atoms with Crippen LogP contribution in [-0.4, -0.2) is 51.5 Å². The summed E-state index contributed by atoms with van der Waals surface area (Å²) in [5.74, 6) is -0.504. The molecule has 0 radical (unpaired) electrons. The van der Waals surface area contributed by atoms with Crippen molar-refractivity contribution in [1.29, 1.82) is 0 Å². The number of rotatable bonds is 6. The molecule has 1 amide bonds. The second kappa shape index (κ2) is 9.73. The van der Waals surface area contributed by atoms with E-state index in [0.29, 0.717) is 30.9 Å². The lowest BCUT2D eigenvalue weighted by Crippen LogP contribution is -2.35. The highest BCUT2D eigenvalue weighted by molar-refractivity contribution is 7.07. The highest BCUT2D eigenvalue weighted by Gasteiger charge is 2.27. The monoisotopic (exact) mass is 454 g/mol. The highest BCUT2D eigenvalue weighted by atomic mass is 32.1. The predicted octanol–water partition coefficient (Wildman–Crippen LogP) is 1.69. The van der Waals surface area contributed by atoms with Crippen molar-refractivity contribution in [1.82, 2.24) is 19.4 Å². The molecule has 1 aliphatic heterocycles. The number of carbonyl (C=O) groups excluding carboxylic acids is 2. The van der Waals surface area contributed by atoms with Crippen LogP contribution in [0.1, 0.15) is 27.4 Å². The third-order valence-electron chi connectivity index (χ3n) is 5.25. The summed E-state index contributed by atoms with van der Waals surface area (Å²) in [5.41, 5.74) is 3.49. The fourth-order valence-corrected chi connectivity index (χ4v) is 4.22. The Hall–Kier alpha value is -3.53. The molecule has 0 fully saturated rings. The predicted molar refractivity (Wildman–Crippen MR) is 117 cm³/mol. The zero-order chi connectivity index (χ0) is 22.5. The van der Waals surface area contributed by atoms with Crippen LogP contribution in [-0.2, 0) is 35.5 Å². The van der Waals surface area contributed by atoms with Gasteiger partial charge in [0.1, 0.15) is 17.9 Å². The van der Waals surface area contributed by atoms with E-state index in [0.717, 1.165) is 5.69 Å². The largest absolute Gasteiger partial charge is 0.486 e. The minimum Gasteiger partial charge on any atom is -0.486 e. The minimum atomic E-state index is -0.591. The zero-order valence-electron chi connectivity index (χ0n) is 17.5. The van der Waals surface area contributed by atoms with Gasteiger partial charge in [0, 0.05) is 49.4 Å². The van der Waals surface area contributed by atoms with Crippen LogP contribution in [0.25, 0.3) is 0 Å². The summed E-state index contributed by atoms with van der Waals surface area (Å²) in [6.07, 6.45) is 2.17. The molecule has 3 aromatic rings. The van der Waals surface area contributed by atoms with Crippen LogP contribution in [0.2, 0.25) is 0 Å². The second-order valence-electron chi connectivity index (χ2n) is 7.21. The number of amides is 1. The quantitative estimate of drug-likeness (QED) is 0.522. The number of carbonyl (C=O) groups is 2. The van der Waals surface area contributed by atoms with Gasteiger partial charge in [-0.3, -0.25) is 14.6 Å². The van der Waals surface area contributed by atoms with Gasteiger partial charge in [-0.25, -0.2) is 9.78 Å². The summed E-state index contributed by atoms with van der Waals surface area (Å²) in [5, 5.41) is 1.84. The number of esters is 1. The van der Waals surface area contributed by atoms with Crippen molar-refractivity contribution in [2.75, 3.05) is 20.2 Å². The second-order valence-corrected chi connectivity index (χ2v) is 7.93. The van der Waals surface area contributed by atoms with E-state index >= 15 is 0 Å². The van der Waals surface area contributed by atoms with Crippen molar-refractivity contribution in [3.8, 4) is 5.75 Å². The Bertz CT molecular complexity index is 1160. The molecule has 0 saturated carbocycles. The molecule has 0 spiro atoms. The van der Waals surface area contributed by atoms with Gasteiger partial charge in [-0.05, 0) is 12.1 Å². The number of methoxy groups -OCH3 is 1. The van der Waals surface area contributed by atoms with Crippen LogP contribution in [0, 0.1) is 0 Å². The number of hydrogen-bond acceptors (Lipinski definition) is 8. The maximum absolute atomic E-state index is 12.8. The minimum absolute atomic E-state index is 0.0667. The first kappa shape index (κ1) is 21.7. The summed E-state index contributed by atoms with van der Waals surface area (Å²) in [6.45, 7) is 1.12. The van der Waals surface area contributed by atoms with Crippen LogP contribution >= 0.6 is 11.3 Å². The Balaban J connectivity index is 1.60. The van der Waals surface area contributed by atoms with Gasteiger partial charge < -0.3 is 18.9 Å². The van der Waals surface area contributed by atoms with Gasteiger partial charge in [0.2, 0.25) is 5.91 Å². The van der Waals surface area contributed by atoms with E-state index in [4.69, 9.17) is 9.47 Å². The Morgan fingerprint density at radius 3 is 2.75 bits per heavy atom. The third kappa shape index (κ3) is 4.70.